The van der Waals surface area contributed by atoms with Crippen LogP contribution in [0.1, 0.15) is 18.9 Å². The second-order valence-electron chi connectivity index (χ2n) is 4.87. The van der Waals surface area contributed by atoms with E-state index in [1.54, 1.807) is 24.3 Å². The molecule has 0 saturated carbocycles. The molecule has 6 nitrogen and oxygen atoms in total. The quantitative estimate of drug-likeness (QED) is 0.621. The van der Waals surface area contributed by atoms with Gasteiger partial charge in [0.1, 0.15) is 12.1 Å². The Morgan fingerprint density at radius 3 is 2.32 bits per heavy atom. The van der Waals surface area contributed by atoms with Gasteiger partial charge in [0.25, 0.3) is 0 Å². The molecule has 1 aromatic carbocycles. The summed E-state index contributed by atoms with van der Waals surface area (Å²) in [5.74, 6) is -2.03. The van der Waals surface area contributed by atoms with Crippen LogP contribution in [-0.4, -0.2) is 35.0 Å². The topological polar surface area (TPSA) is 95.5 Å². The Bertz CT molecular complexity index is 542. The van der Waals surface area contributed by atoms with Crippen LogP contribution in [0.3, 0.4) is 0 Å². The Labute approximate surface area is 129 Å². The number of amides is 2. The van der Waals surface area contributed by atoms with E-state index < -0.39 is 24.0 Å². The summed E-state index contributed by atoms with van der Waals surface area (Å²) in [6.45, 7) is 4.82. The largest absolute Gasteiger partial charge is 0.480 e. The van der Waals surface area contributed by atoms with E-state index in [2.05, 4.69) is 17.2 Å². The second kappa shape index (κ2) is 8.61. The van der Waals surface area contributed by atoms with Crippen molar-refractivity contribution in [2.75, 3.05) is 0 Å². The predicted molar refractivity (Wildman–Crippen MR) is 82.1 cm³/mol. The minimum Gasteiger partial charge on any atom is -0.480 e. The smallest absolute Gasteiger partial charge is 0.326 e. The molecule has 0 aliphatic heterocycles. The normalized spacial score (nSPS) is 12.8. The highest BCUT2D eigenvalue weighted by molar-refractivity contribution is 5.90. The highest BCUT2D eigenvalue weighted by Gasteiger charge is 2.25. The summed E-state index contributed by atoms with van der Waals surface area (Å²) in [5.41, 5.74) is 0.801. The lowest BCUT2D eigenvalue weighted by Gasteiger charge is -2.20. The average Bonchev–Trinajstić information content (AvgIpc) is 2.46. The molecule has 0 unspecified atom stereocenters. The summed E-state index contributed by atoms with van der Waals surface area (Å²) in [7, 11) is 0. The van der Waals surface area contributed by atoms with Crippen molar-refractivity contribution in [3.05, 3.63) is 48.6 Å². The molecular weight excluding hydrogens is 284 g/mol. The molecule has 0 radical (unpaired) electrons. The summed E-state index contributed by atoms with van der Waals surface area (Å²) in [6, 6.07) is 7.12. The Morgan fingerprint density at radius 1 is 1.18 bits per heavy atom. The molecule has 1 rings (SSSR count). The Balaban J connectivity index is 2.76. The van der Waals surface area contributed by atoms with Crippen LogP contribution in [0.5, 0.6) is 0 Å². The zero-order valence-electron chi connectivity index (χ0n) is 12.4. The molecule has 0 aliphatic carbocycles. The van der Waals surface area contributed by atoms with Gasteiger partial charge in [0.2, 0.25) is 11.8 Å². The number of nitrogens with one attached hydrogen (secondary N) is 2. The van der Waals surface area contributed by atoms with Gasteiger partial charge in [0.15, 0.2) is 0 Å². The molecule has 118 valence electrons. The number of aliphatic carboxylic acids is 1. The summed E-state index contributed by atoms with van der Waals surface area (Å²) >= 11 is 0. The van der Waals surface area contributed by atoms with Crippen LogP contribution < -0.4 is 10.6 Å². The Hall–Kier alpha value is -2.63. The van der Waals surface area contributed by atoms with Crippen LogP contribution in [0.4, 0.5) is 0 Å². The van der Waals surface area contributed by atoms with Gasteiger partial charge >= 0.3 is 5.97 Å². The van der Waals surface area contributed by atoms with E-state index in [0.717, 1.165) is 5.56 Å². The van der Waals surface area contributed by atoms with Crippen LogP contribution in [-0.2, 0) is 20.8 Å². The van der Waals surface area contributed by atoms with Gasteiger partial charge in [0.05, 0.1) is 0 Å². The fraction of sp³-hybridized carbons (Fsp3) is 0.312. The maximum atomic E-state index is 12.1. The SMILES string of the molecule is C=CC[C@@H](NC(C)=O)C(=O)N[C@H](Cc1ccccc1)C(=O)O. The maximum Gasteiger partial charge on any atom is 0.326 e. The van der Waals surface area contributed by atoms with E-state index in [0.29, 0.717) is 0 Å². The van der Waals surface area contributed by atoms with Crippen LogP contribution in [0.15, 0.2) is 43.0 Å². The van der Waals surface area contributed by atoms with E-state index in [1.807, 2.05) is 6.07 Å². The summed E-state index contributed by atoms with van der Waals surface area (Å²) in [4.78, 5) is 34.6. The van der Waals surface area contributed by atoms with Gasteiger partial charge in [-0.1, -0.05) is 36.4 Å². The van der Waals surface area contributed by atoms with Crippen molar-refractivity contribution in [2.24, 2.45) is 0 Å². The number of carboxylic acids is 1. The first kappa shape index (κ1) is 17.4. The highest BCUT2D eigenvalue weighted by Crippen LogP contribution is 2.04. The van der Waals surface area contributed by atoms with Gasteiger partial charge < -0.3 is 15.7 Å². The number of hydrogen-bond acceptors (Lipinski definition) is 3. The van der Waals surface area contributed by atoms with Crippen LogP contribution in [0.2, 0.25) is 0 Å². The van der Waals surface area contributed by atoms with Crippen molar-refractivity contribution in [1.82, 2.24) is 10.6 Å². The van der Waals surface area contributed by atoms with Crippen molar-refractivity contribution in [3.63, 3.8) is 0 Å². The average molecular weight is 304 g/mol. The zero-order valence-corrected chi connectivity index (χ0v) is 12.4. The summed E-state index contributed by atoms with van der Waals surface area (Å²) in [5, 5.41) is 14.2. The van der Waals surface area contributed by atoms with E-state index in [1.165, 1.54) is 13.0 Å². The third-order valence-corrected chi connectivity index (χ3v) is 2.99. The molecule has 0 bridgehead atoms. The van der Waals surface area contributed by atoms with Crippen molar-refractivity contribution >= 4 is 17.8 Å². The molecule has 0 spiro atoms. The van der Waals surface area contributed by atoms with Gasteiger partial charge in [-0.25, -0.2) is 4.79 Å². The minimum absolute atomic E-state index is 0.169. The number of carbonyl (C=O) groups is 3. The highest BCUT2D eigenvalue weighted by atomic mass is 16.4. The van der Waals surface area contributed by atoms with E-state index in [-0.39, 0.29) is 18.7 Å². The van der Waals surface area contributed by atoms with Crippen LogP contribution >= 0.6 is 0 Å². The molecule has 0 saturated heterocycles. The molecule has 22 heavy (non-hydrogen) atoms. The number of hydrogen-bond donors (Lipinski definition) is 3. The van der Waals surface area contributed by atoms with Gasteiger partial charge in [-0.3, -0.25) is 9.59 Å². The van der Waals surface area contributed by atoms with Gasteiger partial charge in [-0.15, -0.1) is 6.58 Å². The fourth-order valence-corrected chi connectivity index (χ4v) is 1.97. The minimum atomic E-state index is -1.13. The second-order valence-corrected chi connectivity index (χ2v) is 4.87. The molecule has 1 aromatic rings. The van der Waals surface area contributed by atoms with Gasteiger partial charge in [-0.2, -0.15) is 0 Å². The zero-order chi connectivity index (χ0) is 16.5. The van der Waals surface area contributed by atoms with E-state index >= 15 is 0 Å². The molecule has 0 aromatic heterocycles. The number of carbonyl (C=O) groups excluding carboxylic acids is 2. The van der Waals surface area contributed by atoms with Crippen molar-refractivity contribution in [1.29, 1.82) is 0 Å². The third-order valence-electron chi connectivity index (χ3n) is 2.99. The maximum absolute atomic E-state index is 12.1. The lowest BCUT2D eigenvalue weighted by Crippen LogP contribution is -2.51. The first-order chi connectivity index (χ1) is 10.4. The van der Waals surface area contributed by atoms with Crippen molar-refractivity contribution in [3.8, 4) is 0 Å². The first-order valence-electron chi connectivity index (χ1n) is 6.89. The number of carboxylic acid groups (broad SMARTS) is 1. The molecule has 0 fully saturated rings. The predicted octanol–water partition coefficient (Wildman–Crippen LogP) is 0.879. The first-order valence-corrected chi connectivity index (χ1v) is 6.89. The number of benzene rings is 1. The molecule has 6 heteroatoms. The molecule has 0 heterocycles. The molecular formula is C16H20N2O4. The summed E-state index contributed by atoms with van der Waals surface area (Å²) < 4.78 is 0. The van der Waals surface area contributed by atoms with E-state index in [4.69, 9.17) is 0 Å². The van der Waals surface area contributed by atoms with Crippen LogP contribution in [0.25, 0.3) is 0 Å². The van der Waals surface area contributed by atoms with E-state index in [9.17, 15) is 19.5 Å². The fourth-order valence-electron chi connectivity index (χ4n) is 1.97. The van der Waals surface area contributed by atoms with Crippen molar-refractivity contribution in [2.45, 2.75) is 31.8 Å². The Kier molecular flexibility index (Phi) is 6.82. The molecule has 2 atom stereocenters. The molecule has 2 amide bonds. The standard InChI is InChI=1S/C16H20N2O4/c1-3-7-13(17-11(2)19)15(20)18-14(16(21)22)10-12-8-5-4-6-9-12/h3-6,8-9,13-14H,1,7,10H2,2H3,(H,17,19)(H,18,20)(H,21,22)/t13-,14-/m1/s1. The molecule has 0 aliphatic rings. The third kappa shape index (κ3) is 5.78. The monoisotopic (exact) mass is 304 g/mol. The lowest BCUT2D eigenvalue weighted by atomic mass is 10.1. The molecule has 3 N–H and O–H groups in total. The number of rotatable bonds is 8. The van der Waals surface area contributed by atoms with Crippen molar-refractivity contribution < 1.29 is 19.5 Å². The Morgan fingerprint density at radius 2 is 1.82 bits per heavy atom. The lowest BCUT2D eigenvalue weighted by molar-refractivity contribution is -0.142. The van der Waals surface area contributed by atoms with Gasteiger partial charge in [-0.05, 0) is 12.0 Å². The van der Waals surface area contributed by atoms with Crippen LogP contribution in [0, 0.1) is 0 Å². The van der Waals surface area contributed by atoms with Gasteiger partial charge in [0, 0.05) is 13.3 Å². The summed E-state index contributed by atoms with van der Waals surface area (Å²) in [6.07, 6.45) is 1.89.